The Kier molecular flexibility index (Phi) is 2.91. The highest BCUT2D eigenvalue weighted by atomic mass is 16.3. The van der Waals surface area contributed by atoms with Crippen LogP contribution in [-0.2, 0) is 6.42 Å². The number of nitrogens with zero attached hydrogens (tertiary/aromatic N) is 1. The van der Waals surface area contributed by atoms with E-state index in [9.17, 15) is 5.11 Å². The van der Waals surface area contributed by atoms with Gasteiger partial charge in [0.1, 0.15) is 5.75 Å². The molecule has 1 aromatic carbocycles. The van der Waals surface area contributed by atoms with Crippen molar-refractivity contribution in [3.05, 3.63) is 29.3 Å². The average Bonchev–Trinajstić information content (AvgIpc) is 2.27. The second kappa shape index (κ2) is 4.35. The summed E-state index contributed by atoms with van der Waals surface area (Å²) < 4.78 is 0. The SMILES string of the molecule is N#CCCC1CCCc2c(O)cccc21. The van der Waals surface area contributed by atoms with E-state index >= 15 is 0 Å². The van der Waals surface area contributed by atoms with Crippen molar-refractivity contribution in [1.82, 2.24) is 0 Å². The van der Waals surface area contributed by atoms with Crippen LogP contribution in [0.1, 0.15) is 42.7 Å². The number of phenols is 1. The van der Waals surface area contributed by atoms with E-state index in [1.54, 1.807) is 6.07 Å². The molecule has 0 aliphatic heterocycles. The van der Waals surface area contributed by atoms with Crippen LogP contribution >= 0.6 is 0 Å². The van der Waals surface area contributed by atoms with Crippen molar-refractivity contribution in [2.75, 3.05) is 0 Å². The first-order valence-electron chi connectivity index (χ1n) is 5.50. The highest BCUT2D eigenvalue weighted by Crippen LogP contribution is 2.38. The van der Waals surface area contributed by atoms with E-state index < -0.39 is 0 Å². The summed E-state index contributed by atoms with van der Waals surface area (Å²) in [6, 6.07) is 7.95. The van der Waals surface area contributed by atoms with E-state index in [0.717, 1.165) is 31.2 Å². The summed E-state index contributed by atoms with van der Waals surface area (Å²) in [5.74, 6) is 0.898. The Morgan fingerprint density at radius 2 is 2.33 bits per heavy atom. The van der Waals surface area contributed by atoms with E-state index in [0.29, 0.717) is 18.1 Å². The Hall–Kier alpha value is -1.49. The maximum absolute atomic E-state index is 9.73. The fourth-order valence-electron chi connectivity index (χ4n) is 2.47. The Labute approximate surface area is 90.2 Å². The normalized spacial score (nSPS) is 19.3. The molecule has 1 atom stereocenters. The molecule has 0 amide bonds. The molecule has 0 aromatic heterocycles. The molecule has 1 aliphatic rings. The van der Waals surface area contributed by atoms with Crippen molar-refractivity contribution < 1.29 is 5.11 Å². The van der Waals surface area contributed by atoms with Crippen LogP contribution in [0.15, 0.2) is 18.2 Å². The first-order valence-corrected chi connectivity index (χ1v) is 5.50. The Balaban J connectivity index is 2.27. The van der Waals surface area contributed by atoms with E-state index in [1.807, 2.05) is 6.07 Å². The predicted molar refractivity (Wildman–Crippen MR) is 58.6 cm³/mol. The first-order chi connectivity index (χ1) is 7.33. The molecule has 0 saturated carbocycles. The molecule has 0 bridgehead atoms. The molecule has 0 saturated heterocycles. The third-order valence-corrected chi connectivity index (χ3v) is 3.21. The standard InChI is InChI=1S/C13H15NO/c14-9-3-5-10-4-1-7-12-11(10)6-2-8-13(12)15/h2,6,8,10,15H,1,3-5,7H2. The minimum absolute atomic E-state index is 0.425. The van der Waals surface area contributed by atoms with Gasteiger partial charge in [-0.05, 0) is 48.8 Å². The molecule has 0 spiro atoms. The number of aromatic hydroxyl groups is 1. The lowest BCUT2D eigenvalue weighted by molar-refractivity contribution is 0.450. The van der Waals surface area contributed by atoms with Gasteiger partial charge in [0.15, 0.2) is 0 Å². The number of phenolic OH excluding ortho intramolecular Hbond substituents is 1. The molecule has 1 aromatic rings. The van der Waals surface area contributed by atoms with Crippen LogP contribution in [0.3, 0.4) is 0 Å². The van der Waals surface area contributed by atoms with Crippen LogP contribution in [0.5, 0.6) is 5.75 Å². The number of rotatable bonds is 2. The minimum Gasteiger partial charge on any atom is -0.508 e. The van der Waals surface area contributed by atoms with Crippen molar-refractivity contribution >= 4 is 0 Å². The van der Waals surface area contributed by atoms with Crippen molar-refractivity contribution in [2.45, 2.75) is 38.0 Å². The smallest absolute Gasteiger partial charge is 0.119 e. The molecule has 2 heteroatoms. The zero-order chi connectivity index (χ0) is 10.7. The second-order valence-electron chi connectivity index (χ2n) is 4.13. The summed E-state index contributed by atoms with van der Waals surface area (Å²) in [5, 5.41) is 18.3. The van der Waals surface area contributed by atoms with Gasteiger partial charge in [0.05, 0.1) is 6.07 Å². The van der Waals surface area contributed by atoms with Gasteiger partial charge < -0.3 is 5.11 Å². The monoisotopic (exact) mass is 201 g/mol. The van der Waals surface area contributed by atoms with E-state index in [2.05, 4.69) is 12.1 Å². The fraction of sp³-hybridized carbons (Fsp3) is 0.462. The summed E-state index contributed by atoms with van der Waals surface area (Å²) in [4.78, 5) is 0. The van der Waals surface area contributed by atoms with Gasteiger partial charge in [0, 0.05) is 6.42 Å². The van der Waals surface area contributed by atoms with Gasteiger partial charge in [-0.3, -0.25) is 0 Å². The lowest BCUT2D eigenvalue weighted by Crippen LogP contribution is -2.09. The van der Waals surface area contributed by atoms with E-state index in [-0.39, 0.29) is 0 Å². The molecule has 2 nitrogen and oxygen atoms in total. The Bertz CT molecular complexity index is 392. The summed E-state index contributed by atoms with van der Waals surface area (Å²) in [6.07, 6.45) is 4.79. The van der Waals surface area contributed by atoms with Gasteiger partial charge in [-0.15, -0.1) is 0 Å². The van der Waals surface area contributed by atoms with Gasteiger partial charge in [-0.2, -0.15) is 5.26 Å². The Morgan fingerprint density at radius 3 is 3.13 bits per heavy atom. The maximum Gasteiger partial charge on any atom is 0.119 e. The topological polar surface area (TPSA) is 44.0 Å². The number of fused-ring (bicyclic) bond motifs is 1. The number of hydrogen-bond acceptors (Lipinski definition) is 2. The predicted octanol–water partition coefficient (Wildman–Crippen LogP) is 3.12. The van der Waals surface area contributed by atoms with Gasteiger partial charge in [0.2, 0.25) is 0 Å². The number of benzene rings is 1. The van der Waals surface area contributed by atoms with Gasteiger partial charge >= 0.3 is 0 Å². The highest BCUT2D eigenvalue weighted by Gasteiger charge is 2.21. The minimum atomic E-state index is 0.425. The molecule has 0 radical (unpaired) electrons. The molecule has 1 N–H and O–H groups in total. The van der Waals surface area contributed by atoms with Crippen LogP contribution in [-0.4, -0.2) is 5.11 Å². The second-order valence-corrected chi connectivity index (χ2v) is 4.13. The zero-order valence-electron chi connectivity index (χ0n) is 8.74. The van der Waals surface area contributed by atoms with Crippen LogP contribution in [0, 0.1) is 11.3 Å². The van der Waals surface area contributed by atoms with E-state index in [1.165, 1.54) is 5.56 Å². The lowest BCUT2D eigenvalue weighted by atomic mass is 9.80. The number of nitriles is 1. The van der Waals surface area contributed by atoms with Crippen LogP contribution in [0.2, 0.25) is 0 Å². The summed E-state index contributed by atoms with van der Waals surface area (Å²) in [6.45, 7) is 0. The fourth-order valence-corrected chi connectivity index (χ4v) is 2.47. The molecular weight excluding hydrogens is 186 g/mol. The van der Waals surface area contributed by atoms with Crippen LogP contribution in [0.25, 0.3) is 0 Å². The molecule has 15 heavy (non-hydrogen) atoms. The van der Waals surface area contributed by atoms with Crippen molar-refractivity contribution in [3.8, 4) is 11.8 Å². The van der Waals surface area contributed by atoms with Crippen molar-refractivity contribution in [1.29, 1.82) is 5.26 Å². The molecule has 2 rings (SSSR count). The van der Waals surface area contributed by atoms with Crippen LogP contribution in [0.4, 0.5) is 0 Å². The quantitative estimate of drug-likeness (QED) is 0.799. The summed E-state index contributed by atoms with van der Waals surface area (Å²) >= 11 is 0. The van der Waals surface area contributed by atoms with Crippen LogP contribution < -0.4 is 0 Å². The maximum atomic E-state index is 9.73. The average molecular weight is 201 g/mol. The molecule has 1 unspecified atom stereocenters. The van der Waals surface area contributed by atoms with Gasteiger partial charge in [0.25, 0.3) is 0 Å². The third-order valence-electron chi connectivity index (χ3n) is 3.21. The van der Waals surface area contributed by atoms with Crippen molar-refractivity contribution in [2.24, 2.45) is 0 Å². The lowest BCUT2D eigenvalue weighted by Gasteiger charge is -2.25. The molecule has 0 fully saturated rings. The van der Waals surface area contributed by atoms with E-state index in [4.69, 9.17) is 5.26 Å². The summed E-state index contributed by atoms with van der Waals surface area (Å²) in [7, 11) is 0. The zero-order valence-corrected chi connectivity index (χ0v) is 8.74. The van der Waals surface area contributed by atoms with Crippen molar-refractivity contribution in [3.63, 3.8) is 0 Å². The molecule has 1 aliphatic carbocycles. The molecule has 0 heterocycles. The molecular formula is C13H15NO. The summed E-state index contributed by atoms with van der Waals surface area (Å²) in [5.41, 5.74) is 2.36. The number of hydrogen-bond donors (Lipinski definition) is 1. The Morgan fingerprint density at radius 1 is 1.47 bits per heavy atom. The molecule has 78 valence electrons. The highest BCUT2D eigenvalue weighted by molar-refractivity contribution is 5.42. The largest absolute Gasteiger partial charge is 0.508 e. The van der Waals surface area contributed by atoms with Gasteiger partial charge in [-0.1, -0.05) is 12.1 Å². The first kappa shape index (κ1) is 10.0. The third kappa shape index (κ3) is 1.97. The van der Waals surface area contributed by atoms with Gasteiger partial charge in [-0.25, -0.2) is 0 Å².